The first kappa shape index (κ1) is 13.6. The number of nitrogens with zero attached hydrogens (tertiary/aromatic N) is 1. The van der Waals surface area contributed by atoms with Crippen LogP contribution in [0, 0.1) is 12.8 Å². The summed E-state index contributed by atoms with van der Waals surface area (Å²) in [6.45, 7) is 4.66. The molecule has 2 fully saturated rings. The molecule has 2 heteroatoms. The van der Waals surface area contributed by atoms with Gasteiger partial charge < -0.3 is 10.2 Å². The number of hydrogen-bond acceptors (Lipinski definition) is 2. The molecule has 4 rings (SSSR count). The van der Waals surface area contributed by atoms with Gasteiger partial charge in [-0.15, -0.1) is 0 Å². The molecule has 2 heterocycles. The lowest BCUT2D eigenvalue weighted by Crippen LogP contribution is -2.42. The molecule has 3 aliphatic rings. The highest BCUT2D eigenvalue weighted by molar-refractivity contribution is 5.56. The molecule has 0 spiro atoms. The lowest BCUT2D eigenvalue weighted by Gasteiger charge is -2.33. The summed E-state index contributed by atoms with van der Waals surface area (Å²) in [7, 11) is 0. The first-order valence-corrected chi connectivity index (χ1v) is 8.90. The second-order valence-electron chi connectivity index (χ2n) is 7.43. The molecule has 0 amide bonds. The molecule has 0 aromatic heterocycles. The van der Waals surface area contributed by atoms with Gasteiger partial charge in [0.1, 0.15) is 0 Å². The minimum Gasteiger partial charge on any atom is -0.370 e. The van der Waals surface area contributed by atoms with E-state index in [1.54, 1.807) is 5.56 Å². The minimum absolute atomic E-state index is 0.713. The van der Waals surface area contributed by atoms with Gasteiger partial charge in [0, 0.05) is 30.9 Å². The van der Waals surface area contributed by atoms with E-state index in [1.165, 1.54) is 69.3 Å². The molecule has 2 aliphatic heterocycles. The molecule has 1 saturated heterocycles. The predicted octanol–water partition coefficient (Wildman–Crippen LogP) is 3.67. The van der Waals surface area contributed by atoms with Crippen LogP contribution < -0.4 is 10.2 Å². The summed E-state index contributed by atoms with van der Waals surface area (Å²) in [5.41, 5.74) is 4.47. The van der Waals surface area contributed by atoms with Crippen molar-refractivity contribution in [3.05, 3.63) is 29.3 Å². The van der Waals surface area contributed by atoms with Gasteiger partial charge in [-0.3, -0.25) is 0 Å². The fraction of sp³-hybridized carbons (Fsp3) is 0.684. The molecule has 1 aromatic rings. The van der Waals surface area contributed by atoms with Gasteiger partial charge in [0.05, 0.1) is 0 Å². The quantitative estimate of drug-likeness (QED) is 0.891. The molecule has 3 unspecified atom stereocenters. The molecular formula is C19H28N2. The fourth-order valence-corrected chi connectivity index (χ4v) is 4.83. The van der Waals surface area contributed by atoms with Gasteiger partial charge in [0.15, 0.2) is 0 Å². The number of anilines is 1. The number of fused-ring (bicyclic) bond motifs is 2. The van der Waals surface area contributed by atoms with Gasteiger partial charge in [-0.05, 0) is 56.6 Å². The van der Waals surface area contributed by atoms with Gasteiger partial charge in [-0.1, -0.05) is 30.5 Å². The highest BCUT2D eigenvalue weighted by atomic mass is 15.2. The van der Waals surface area contributed by atoms with E-state index in [4.69, 9.17) is 0 Å². The summed E-state index contributed by atoms with van der Waals surface area (Å²) < 4.78 is 0. The monoisotopic (exact) mass is 284 g/mol. The van der Waals surface area contributed by atoms with Gasteiger partial charge in [-0.2, -0.15) is 0 Å². The Balaban J connectivity index is 1.46. The van der Waals surface area contributed by atoms with E-state index in [1.807, 2.05) is 0 Å². The largest absolute Gasteiger partial charge is 0.370 e. The van der Waals surface area contributed by atoms with Gasteiger partial charge in [-0.25, -0.2) is 0 Å². The Morgan fingerprint density at radius 2 is 2.10 bits per heavy atom. The van der Waals surface area contributed by atoms with E-state index in [9.17, 15) is 0 Å². The van der Waals surface area contributed by atoms with Crippen LogP contribution in [-0.2, 0) is 6.42 Å². The van der Waals surface area contributed by atoms with Crippen LogP contribution in [0.25, 0.3) is 0 Å². The molecule has 1 saturated carbocycles. The van der Waals surface area contributed by atoms with Gasteiger partial charge in [0.2, 0.25) is 0 Å². The summed E-state index contributed by atoms with van der Waals surface area (Å²) in [5.74, 6) is 0.964. The Morgan fingerprint density at radius 1 is 1.19 bits per heavy atom. The predicted molar refractivity (Wildman–Crippen MR) is 89.0 cm³/mol. The minimum atomic E-state index is 0.713. The fourth-order valence-electron chi connectivity index (χ4n) is 4.83. The molecule has 1 N–H and O–H groups in total. The highest BCUT2D eigenvalue weighted by Gasteiger charge is 2.36. The summed E-state index contributed by atoms with van der Waals surface area (Å²) in [6.07, 6.45) is 9.75. The van der Waals surface area contributed by atoms with E-state index < -0.39 is 0 Å². The van der Waals surface area contributed by atoms with Crippen molar-refractivity contribution in [2.24, 2.45) is 5.92 Å². The van der Waals surface area contributed by atoms with Crippen LogP contribution in [-0.4, -0.2) is 25.2 Å². The van der Waals surface area contributed by atoms with Crippen molar-refractivity contribution in [1.29, 1.82) is 0 Å². The molecule has 0 radical (unpaired) electrons. The van der Waals surface area contributed by atoms with Crippen molar-refractivity contribution < 1.29 is 0 Å². The first-order valence-electron chi connectivity index (χ1n) is 8.90. The number of benzene rings is 1. The van der Waals surface area contributed by atoms with E-state index in [2.05, 4.69) is 35.3 Å². The molecule has 1 aliphatic carbocycles. The molecule has 3 atom stereocenters. The third-order valence-corrected chi connectivity index (χ3v) is 5.84. The van der Waals surface area contributed by atoms with Gasteiger partial charge >= 0.3 is 0 Å². The average molecular weight is 284 g/mol. The summed E-state index contributed by atoms with van der Waals surface area (Å²) in [6, 6.07) is 8.56. The number of hydrogen-bond donors (Lipinski definition) is 1. The van der Waals surface area contributed by atoms with Crippen LogP contribution in [0.3, 0.4) is 0 Å². The Kier molecular flexibility index (Phi) is 3.66. The maximum absolute atomic E-state index is 3.94. The van der Waals surface area contributed by atoms with Crippen molar-refractivity contribution in [2.75, 3.05) is 18.0 Å². The smallest absolute Gasteiger partial charge is 0.0399 e. The average Bonchev–Trinajstić information content (AvgIpc) is 2.89. The van der Waals surface area contributed by atoms with Crippen molar-refractivity contribution >= 4 is 5.69 Å². The highest BCUT2D eigenvalue weighted by Crippen LogP contribution is 2.35. The zero-order valence-corrected chi connectivity index (χ0v) is 13.3. The lowest BCUT2D eigenvalue weighted by atomic mass is 9.85. The van der Waals surface area contributed by atoms with Crippen LogP contribution in [0.1, 0.15) is 49.7 Å². The third-order valence-electron chi connectivity index (χ3n) is 5.84. The zero-order chi connectivity index (χ0) is 14.2. The van der Waals surface area contributed by atoms with E-state index in [0.717, 1.165) is 12.0 Å². The van der Waals surface area contributed by atoms with Gasteiger partial charge in [0.25, 0.3) is 0 Å². The van der Waals surface area contributed by atoms with E-state index in [0.29, 0.717) is 6.04 Å². The summed E-state index contributed by atoms with van der Waals surface area (Å²) in [5, 5.41) is 3.94. The normalized spacial score (nSPS) is 31.9. The molecule has 0 bridgehead atoms. The Bertz CT molecular complexity index is 496. The first-order chi connectivity index (χ1) is 10.3. The number of nitrogens with one attached hydrogen (secondary N) is 1. The summed E-state index contributed by atoms with van der Waals surface area (Å²) >= 11 is 0. The second kappa shape index (κ2) is 5.64. The van der Waals surface area contributed by atoms with Crippen molar-refractivity contribution in [2.45, 2.75) is 64.0 Å². The summed E-state index contributed by atoms with van der Waals surface area (Å²) in [4.78, 5) is 2.65. The zero-order valence-electron chi connectivity index (χ0n) is 13.3. The Hall–Kier alpha value is -1.02. The van der Waals surface area contributed by atoms with Crippen molar-refractivity contribution in [3.63, 3.8) is 0 Å². The van der Waals surface area contributed by atoms with Crippen LogP contribution >= 0.6 is 0 Å². The molecule has 114 valence electrons. The van der Waals surface area contributed by atoms with Crippen molar-refractivity contribution in [1.82, 2.24) is 5.32 Å². The standard InChI is InChI=1S/C19H28N2/c1-14-8-9-19-16(11-14)6-4-10-21(19)13-17-12-15-5-2-3-7-18(15)20-17/h8-9,11,15,17-18,20H,2-7,10,12-13H2,1H3. The van der Waals surface area contributed by atoms with Crippen molar-refractivity contribution in [3.8, 4) is 0 Å². The Morgan fingerprint density at radius 3 is 3.00 bits per heavy atom. The maximum atomic E-state index is 3.94. The van der Waals surface area contributed by atoms with E-state index >= 15 is 0 Å². The topological polar surface area (TPSA) is 15.3 Å². The molecule has 2 nitrogen and oxygen atoms in total. The van der Waals surface area contributed by atoms with Crippen LogP contribution in [0.5, 0.6) is 0 Å². The number of aryl methyl sites for hydroxylation is 2. The van der Waals surface area contributed by atoms with E-state index in [-0.39, 0.29) is 0 Å². The lowest BCUT2D eigenvalue weighted by molar-refractivity contribution is 0.325. The van der Waals surface area contributed by atoms with Crippen LogP contribution in [0.4, 0.5) is 5.69 Å². The second-order valence-corrected chi connectivity index (χ2v) is 7.43. The maximum Gasteiger partial charge on any atom is 0.0399 e. The SMILES string of the molecule is Cc1ccc2c(c1)CCCN2CC1CC2CCCCC2N1. The molecule has 21 heavy (non-hydrogen) atoms. The van der Waals surface area contributed by atoms with Crippen LogP contribution in [0.15, 0.2) is 18.2 Å². The molecular weight excluding hydrogens is 256 g/mol. The third kappa shape index (κ3) is 2.70. The number of rotatable bonds is 2. The molecule has 1 aromatic carbocycles. The van der Waals surface area contributed by atoms with Crippen LogP contribution in [0.2, 0.25) is 0 Å². The Labute approximate surface area is 128 Å².